The molecule has 1 amide bonds. The molecule has 1 heterocycles. The summed E-state index contributed by atoms with van der Waals surface area (Å²) in [7, 11) is 0. The maximum Gasteiger partial charge on any atom is 0.246 e. The fraction of sp³-hybridized carbons (Fsp3) is 0.385. The predicted molar refractivity (Wildman–Crippen MR) is 77.2 cm³/mol. The average molecular weight is 281 g/mol. The highest BCUT2D eigenvalue weighted by Gasteiger charge is 2.27. The number of anilines is 1. The number of amides is 1. The van der Waals surface area contributed by atoms with E-state index in [1.807, 2.05) is 19.1 Å². The summed E-state index contributed by atoms with van der Waals surface area (Å²) >= 11 is 6.03. The van der Waals surface area contributed by atoms with Crippen LogP contribution in [0.5, 0.6) is 0 Å². The number of H-pyrrole nitrogens is 1. The van der Waals surface area contributed by atoms with Crippen LogP contribution in [-0.2, 0) is 4.79 Å². The van der Waals surface area contributed by atoms with E-state index < -0.39 is 5.54 Å². The third-order valence-corrected chi connectivity index (χ3v) is 3.29. The van der Waals surface area contributed by atoms with Gasteiger partial charge in [-0.05, 0) is 25.5 Å². The second-order valence-electron chi connectivity index (χ2n) is 4.84. The van der Waals surface area contributed by atoms with Gasteiger partial charge >= 0.3 is 0 Å². The van der Waals surface area contributed by atoms with Crippen LogP contribution in [0.1, 0.15) is 26.7 Å². The minimum Gasteiger partial charge on any atom is -0.324 e. The standard InChI is InChI=1S/C13H17ClN4O/c1-3-7-13(2,15)11(19)18-12-16-9-6-4-5-8(14)10(9)17-12/h4-6H,3,7,15H2,1-2H3,(H2,16,17,18,19). The number of fused-ring (bicyclic) bond motifs is 1. The number of hydrogen-bond donors (Lipinski definition) is 3. The first kappa shape index (κ1) is 13.8. The molecule has 2 rings (SSSR count). The normalized spacial score (nSPS) is 14.3. The fourth-order valence-electron chi connectivity index (χ4n) is 1.94. The van der Waals surface area contributed by atoms with Crippen LogP contribution in [0.15, 0.2) is 18.2 Å². The van der Waals surface area contributed by atoms with E-state index in [1.165, 1.54) is 0 Å². The summed E-state index contributed by atoms with van der Waals surface area (Å²) in [5, 5.41) is 3.23. The summed E-state index contributed by atoms with van der Waals surface area (Å²) in [5.41, 5.74) is 6.47. The van der Waals surface area contributed by atoms with Gasteiger partial charge in [0.1, 0.15) is 5.52 Å². The number of rotatable bonds is 4. The summed E-state index contributed by atoms with van der Waals surface area (Å²) < 4.78 is 0. The highest BCUT2D eigenvalue weighted by molar-refractivity contribution is 6.35. The van der Waals surface area contributed by atoms with E-state index in [2.05, 4.69) is 15.3 Å². The number of hydrogen-bond acceptors (Lipinski definition) is 3. The van der Waals surface area contributed by atoms with Crippen molar-refractivity contribution < 1.29 is 4.79 Å². The van der Waals surface area contributed by atoms with Crippen molar-refractivity contribution in [2.75, 3.05) is 5.32 Å². The molecule has 0 bridgehead atoms. The largest absolute Gasteiger partial charge is 0.324 e. The van der Waals surface area contributed by atoms with Crippen molar-refractivity contribution in [2.45, 2.75) is 32.2 Å². The molecule has 0 aliphatic heterocycles. The lowest BCUT2D eigenvalue weighted by atomic mass is 9.97. The van der Waals surface area contributed by atoms with Crippen LogP contribution in [0.2, 0.25) is 5.02 Å². The maximum atomic E-state index is 12.1. The number of carbonyl (C=O) groups excluding carboxylic acids is 1. The van der Waals surface area contributed by atoms with E-state index >= 15 is 0 Å². The van der Waals surface area contributed by atoms with Gasteiger partial charge in [0.25, 0.3) is 0 Å². The molecule has 102 valence electrons. The Morgan fingerprint density at radius 1 is 1.58 bits per heavy atom. The first-order chi connectivity index (χ1) is 8.94. The Hall–Kier alpha value is -1.59. The Morgan fingerprint density at radius 3 is 2.95 bits per heavy atom. The van der Waals surface area contributed by atoms with Crippen molar-refractivity contribution in [3.05, 3.63) is 23.2 Å². The van der Waals surface area contributed by atoms with Crippen LogP contribution in [0.3, 0.4) is 0 Å². The SMILES string of the molecule is CCCC(C)(N)C(=O)Nc1nc2c(Cl)cccc2[nH]1. The summed E-state index contributed by atoms with van der Waals surface area (Å²) in [5.74, 6) is 0.102. The first-order valence-electron chi connectivity index (χ1n) is 6.18. The van der Waals surface area contributed by atoms with E-state index in [-0.39, 0.29) is 5.91 Å². The van der Waals surface area contributed by atoms with Crippen molar-refractivity contribution in [1.29, 1.82) is 0 Å². The monoisotopic (exact) mass is 280 g/mol. The smallest absolute Gasteiger partial charge is 0.246 e. The molecule has 1 aromatic heterocycles. The number of imidazole rings is 1. The molecule has 4 N–H and O–H groups in total. The van der Waals surface area contributed by atoms with Crippen LogP contribution in [0.25, 0.3) is 11.0 Å². The Bertz CT molecular complexity index is 606. The lowest BCUT2D eigenvalue weighted by Crippen LogP contribution is -2.48. The quantitative estimate of drug-likeness (QED) is 0.805. The molecule has 1 unspecified atom stereocenters. The molecule has 19 heavy (non-hydrogen) atoms. The zero-order valence-corrected chi connectivity index (χ0v) is 11.7. The van der Waals surface area contributed by atoms with Crippen LogP contribution in [-0.4, -0.2) is 21.4 Å². The Kier molecular flexibility index (Phi) is 3.78. The molecule has 6 heteroatoms. The molecule has 2 aromatic rings. The Morgan fingerprint density at radius 2 is 2.32 bits per heavy atom. The van der Waals surface area contributed by atoms with Gasteiger partial charge in [-0.2, -0.15) is 0 Å². The van der Waals surface area contributed by atoms with Gasteiger partial charge in [0.2, 0.25) is 11.9 Å². The minimum absolute atomic E-state index is 0.260. The van der Waals surface area contributed by atoms with Gasteiger partial charge in [-0.15, -0.1) is 0 Å². The van der Waals surface area contributed by atoms with Crippen molar-refractivity contribution in [2.24, 2.45) is 5.73 Å². The third-order valence-electron chi connectivity index (χ3n) is 2.98. The van der Waals surface area contributed by atoms with Gasteiger partial charge in [-0.1, -0.05) is 31.0 Å². The van der Waals surface area contributed by atoms with Crippen molar-refractivity contribution in [1.82, 2.24) is 9.97 Å². The molecular formula is C13H17ClN4O. The lowest BCUT2D eigenvalue weighted by Gasteiger charge is -2.21. The predicted octanol–water partition coefficient (Wildman–Crippen LogP) is 2.67. The molecule has 0 saturated heterocycles. The average Bonchev–Trinajstić information content (AvgIpc) is 2.73. The van der Waals surface area contributed by atoms with Crippen molar-refractivity contribution in [3.8, 4) is 0 Å². The number of nitrogens with two attached hydrogens (primary N) is 1. The fourth-order valence-corrected chi connectivity index (χ4v) is 2.16. The van der Waals surface area contributed by atoms with E-state index in [0.29, 0.717) is 22.9 Å². The van der Waals surface area contributed by atoms with E-state index in [9.17, 15) is 4.79 Å². The van der Waals surface area contributed by atoms with Gasteiger partial charge in [0.05, 0.1) is 16.1 Å². The second kappa shape index (κ2) is 5.19. The highest BCUT2D eigenvalue weighted by Crippen LogP contribution is 2.23. The summed E-state index contributed by atoms with van der Waals surface area (Å²) in [4.78, 5) is 19.3. The van der Waals surface area contributed by atoms with Crippen LogP contribution in [0, 0.1) is 0 Å². The van der Waals surface area contributed by atoms with Crippen LogP contribution in [0.4, 0.5) is 5.95 Å². The van der Waals surface area contributed by atoms with E-state index in [1.54, 1.807) is 13.0 Å². The number of aromatic nitrogens is 2. The topological polar surface area (TPSA) is 83.8 Å². The number of carbonyl (C=O) groups is 1. The number of benzene rings is 1. The zero-order valence-electron chi connectivity index (χ0n) is 11.0. The molecule has 0 aliphatic carbocycles. The number of halogens is 1. The maximum absolute atomic E-state index is 12.1. The van der Waals surface area contributed by atoms with Crippen molar-refractivity contribution in [3.63, 3.8) is 0 Å². The Balaban J connectivity index is 2.22. The summed E-state index contributed by atoms with van der Waals surface area (Å²) in [6.45, 7) is 3.70. The Labute approximate surface area is 116 Å². The first-order valence-corrected chi connectivity index (χ1v) is 6.56. The number of nitrogens with zero attached hydrogens (tertiary/aromatic N) is 1. The molecule has 0 aliphatic rings. The summed E-state index contributed by atoms with van der Waals surface area (Å²) in [6, 6.07) is 5.41. The lowest BCUT2D eigenvalue weighted by molar-refractivity contribution is -0.120. The molecule has 0 spiro atoms. The zero-order chi connectivity index (χ0) is 14.0. The number of nitrogens with one attached hydrogen (secondary N) is 2. The van der Waals surface area contributed by atoms with Gasteiger partial charge in [0, 0.05) is 0 Å². The van der Waals surface area contributed by atoms with Gasteiger partial charge in [-0.3, -0.25) is 10.1 Å². The minimum atomic E-state index is -0.905. The van der Waals surface area contributed by atoms with Gasteiger partial charge < -0.3 is 10.7 Å². The molecule has 5 nitrogen and oxygen atoms in total. The third kappa shape index (κ3) is 2.88. The van der Waals surface area contributed by atoms with E-state index in [0.717, 1.165) is 11.9 Å². The van der Waals surface area contributed by atoms with Gasteiger partial charge in [-0.25, -0.2) is 4.98 Å². The van der Waals surface area contributed by atoms with Crippen LogP contribution < -0.4 is 11.1 Å². The molecular weight excluding hydrogens is 264 g/mol. The highest BCUT2D eigenvalue weighted by atomic mass is 35.5. The van der Waals surface area contributed by atoms with E-state index in [4.69, 9.17) is 17.3 Å². The van der Waals surface area contributed by atoms with Crippen LogP contribution >= 0.6 is 11.6 Å². The molecule has 0 radical (unpaired) electrons. The van der Waals surface area contributed by atoms with Crippen molar-refractivity contribution >= 4 is 34.5 Å². The molecule has 1 atom stereocenters. The second-order valence-corrected chi connectivity index (χ2v) is 5.25. The number of para-hydroxylation sites is 1. The molecule has 0 fully saturated rings. The summed E-state index contributed by atoms with van der Waals surface area (Å²) in [6.07, 6.45) is 1.45. The molecule has 1 aromatic carbocycles. The molecule has 0 saturated carbocycles. The number of aromatic amines is 1. The van der Waals surface area contributed by atoms with Gasteiger partial charge in [0.15, 0.2) is 0 Å².